The van der Waals surface area contributed by atoms with Crippen molar-refractivity contribution in [2.24, 2.45) is 5.92 Å². The van der Waals surface area contributed by atoms with Crippen LogP contribution >= 0.6 is 15.9 Å². The molecule has 4 rings (SSSR count). The maximum Gasteiger partial charge on any atom is 0.354 e. The van der Waals surface area contributed by atoms with Crippen molar-refractivity contribution < 1.29 is 59.8 Å². The van der Waals surface area contributed by atoms with Crippen molar-refractivity contribution >= 4 is 38.3 Å². The fourth-order valence-corrected chi connectivity index (χ4v) is 4.65. The van der Waals surface area contributed by atoms with Gasteiger partial charge in [0.15, 0.2) is 11.5 Å². The monoisotopic (exact) mass is 618 g/mol. The highest BCUT2D eigenvalue weighted by Crippen LogP contribution is 2.45. The third-order valence-electron chi connectivity index (χ3n) is 5.95. The second kappa shape index (κ2) is 9.98. The lowest BCUT2D eigenvalue weighted by atomic mass is 9.88. The van der Waals surface area contributed by atoms with Crippen LogP contribution in [0.15, 0.2) is 41.1 Å². The Morgan fingerprint density at radius 3 is 2.21 bits per heavy atom. The molecule has 0 radical (unpaired) electrons. The highest BCUT2D eigenvalue weighted by molar-refractivity contribution is 9.10. The predicted molar refractivity (Wildman–Crippen MR) is 130 cm³/mol. The molecule has 2 aromatic carbocycles. The molecule has 1 saturated heterocycles. The summed E-state index contributed by atoms with van der Waals surface area (Å²) in [5.41, 5.74) is 0.258. The molecule has 1 aliphatic heterocycles. The normalized spacial score (nSPS) is 18.3. The molecule has 0 bridgehead atoms. The van der Waals surface area contributed by atoms with E-state index in [1.165, 1.54) is 31.4 Å². The first-order valence-corrected chi connectivity index (χ1v) is 11.8. The van der Waals surface area contributed by atoms with E-state index in [1.54, 1.807) is 6.07 Å². The first kappa shape index (κ1) is 29.2. The molecule has 3 aromatic rings. The largest absolute Gasteiger partial charge is 0.493 e. The third kappa shape index (κ3) is 5.88. The summed E-state index contributed by atoms with van der Waals surface area (Å²) in [4.78, 5) is 7.51. The molecule has 15 nitrogen and oxygen atoms in total. The quantitative estimate of drug-likeness (QED) is 0.141. The van der Waals surface area contributed by atoms with Crippen LogP contribution in [0.2, 0.25) is 0 Å². The van der Waals surface area contributed by atoms with Crippen molar-refractivity contribution in [3.05, 3.63) is 46.9 Å². The summed E-state index contributed by atoms with van der Waals surface area (Å²) in [5, 5.41) is 93.1. The number of fused-ring (bicyclic) bond motifs is 1. The molecule has 0 amide bonds. The van der Waals surface area contributed by atoms with Crippen LogP contribution in [-0.2, 0) is 0 Å². The minimum atomic E-state index is -4.11. The Hall–Kier alpha value is -2.81. The Balaban J connectivity index is 1.66. The molecule has 1 aliphatic rings. The van der Waals surface area contributed by atoms with Gasteiger partial charge >= 0.3 is 12.1 Å². The van der Waals surface area contributed by atoms with Crippen LogP contribution in [0.5, 0.6) is 11.5 Å². The van der Waals surface area contributed by atoms with Gasteiger partial charge in [0.1, 0.15) is 18.0 Å². The number of hydrogen-bond acceptors (Lipinski definition) is 15. The zero-order valence-electron chi connectivity index (χ0n) is 19.9. The summed E-state index contributed by atoms with van der Waals surface area (Å²) in [6, 6.07) is 6.86. The van der Waals surface area contributed by atoms with Crippen LogP contribution in [-0.4, -0.2) is 91.8 Å². The third-order valence-corrected chi connectivity index (χ3v) is 6.45. The van der Waals surface area contributed by atoms with E-state index >= 15 is 0 Å². The predicted octanol–water partition coefficient (Wildman–Crippen LogP) is -1.12. The molecular weight excluding hydrogens is 595 g/mol. The van der Waals surface area contributed by atoms with Crippen molar-refractivity contribution in [2.75, 3.05) is 12.4 Å². The van der Waals surface area contributed by atoms with Crippen molar-refractivity contribution in [3.63, 3.8) is 0 Å². The number of nitrogens with zero attached hydrogens (tertiary/aromatic N) is 3. The van der Waals surface area contributed by atoms with Gasteiger partial charge in [-0.15, -0.1) is 4.90 Å². The van der Waals surface area contributed by atoms with Crippen LogP contribution in [0.4, 0.5) is 15.9 Å². The van der Waals surface area contributed by atoms with Gasteiger partial charge in [0.05, 0.1) is 24.2 Å². The number of benzene rings is 2. The lowest BCUT2D eigenvalue weighted by molar-refractivity contribution is -0.548. The Bertz CT molecular complexity index is 1370. The standard InChI is InChI=1S/C22H24BrFN4O11/c1-38-16-5-12-15(25-9-26-18(12)27-14-3-2-11(23)4-13(14)24)6-17(16)39-21(33,34)10-7-19(29,30)28(22(35,36)37)20(31,32)8-10/h2-6,9-10,29-37H,7-8H2,1H3,(H,25,26,27). The Labute approximate surface area is 226 Å². The number of hydrogen-bond donors (Lipinski definition) is 10. The molecular formula is C22H24BrFN4O11. The van der Waals surface area contributed by atoms with E-state index in [2.05, 4.69) is 31.2 Å². The molecule has 10 N–H and O–H groups in total. The van der Waals surface area contributed by atoms with Gasteiger partial charge in [-0.1, -0.05) is 15.9 Å². The second-order valence-electron chi connectivity index (χ2n) is 8.84. The van der Waals surface area contributed by atoms with E-state index in [0.717, 1.165) is 6.33 Å². The van der Waals surface area contributed by atoms with Crippen LogP contribution < -0.4 is 14.8 Å². The van der Waals surface area contributed by atoms with Gasteiger partial charge in [-0.3, -0.25) is 0 Å². The van der Waals surface area contributed by atoms with E-state index in [0.29, 0.717) is 9.86 Å². The van der Waals surface area contributed by atoms with E-state index in [1.807, 2.05) is 0 Å². The summed E-state index contributed by atoms with van der Waals surface area (Å²) in [6.07, 6.45) is -5.34. The van der Waals surface area contributed by atoms with Gasteiger partial charge in [-0.25, -0.2) is 14.4 Å². The van der Waals surface area contributed by atoms with Crippen molar-refractivity contribution in [3.8, 4) is 11.5 Å². The molecule has 0 saturated carbocycles. The molecule has 0 spiro atoms. The summed E-state index contributed by atoms with van der Waals surface area (Å²) in [7, 11) is 1.22. The average Bonchev–Trinajstić information content (AvgIpc) is 2.77. The van der Waals surface area contributed by atoms with Gasteiger partial charge in [-0.2, -0.15) is 0 Å². The van der Waals surface area contributed by atoms with E-state index < -0.39 is 53.4 Å². The van der Waals surface area contributed by atoms with Gasteiger partial charge in [0.2, 0.25) is 11.8 Å². The number of nitrogens with one attached hydrogen (secondary N) is 1. The summed E-state index contributed by atoms with van der Waals surface area (Å²) >= 11 is 3.17. The Kier molecular flexibility index (Phi) is 7.47. The van der Waals surface area contributed by atoms with E-state index in [9.17, 15) is 50.3 Å². The van der Waals surface area contributed by atoms with E-state index in [4.69, 9.17) is 9.47 Å². The number of aromatic nitrogens is 2. The first-order chi connectivity index (χ1) is 17.9. The van der Waals surface area contributed by atoms with Crippen LogP contribution in [0.1, 0.15) is 12.8 Å². The minimum absolute atomic E-state index is 0.0965. The van der Waals surface area contributed by atoms with Gasteiger partial charge in [0.25, 0.3) is 0 Å². The van der Waals surface area contributed by atoms with Crippen LogP contribution in [0.25, 0.3) is 10.9 Å². The van der Waals surface area contributed by atoms with Crippen LogP contribution in [0, 0.1) is 11.7 Å². The number of ether oxygens (including phenoxy) is 2. The minimum Gasteiger partial charge on any atom is -0.493 e. The maximum atomic E-state index is 14.4. The maximum absolute atomic E-state index is 14.4. The highest BCUT2D eigenvalue weighted by atomic mass is 79.9. The molecule has 1 aromatic heterocycles. The fourth-order valence-electron chi connectivity index (χ4n) is 4.32. The zero-order chi connectivity index (χ0) is 29.0. The fraction of sp³-hybridized carbons (Fsp3) is 0.364. The SMILES string of the molecule is COc1cc2c(Nc3ccc(Br)cc3F)ncnc2cc1OC(O)(O)C1CC(O)(O)N(C(O)(O)O)C(O)(O)C1. The van der Waals surface area contributed by atoms with Crippen LogP contribution in [0.3, 0.4) is 0 Å². The molecule has 212 valence electrons. The lowest BCUT2D eigenvalue weighted by Crippen LogP contribution is -2.75. The average molecular weight is 619 g/mol. The number of halogens is 2. The van der Waals surface area contributed by atoms with Gasteiger partial charge < -0.3 is 60.7 Å². The summed E-state index contributed by atoms with van der Waals surface area (Å²) in [5.74, 6) is -13.3. The van der Waals surface area contributed by atoms with Crippen molar-refractivity contribution in [1.29, 1.82) is 0 Å². The Morgan fingerprint density at radius 1 is 1.00 bits per heavy atom. The van der Waals surface area contributed by atoms with E-state index in [-0.39, 0.29) is 28.5 Å². The highest BCUT2D eigenvalue weighted by Gasteiger charge is 2.64. The molecule has 0 unspecified atom stereocenters. The van der Waals surface area contributed by atoms with Crippen molar-refractivity contribution in [2.45, 2.75) is 36.7 Å². The van der Waals surface area contributed by atoms with Crippen molar-refractivity contribution in [1.82, 2.24) is 14.9 Å². The molecule has 0 aliphatic carbocycles. The number of aliphatic hydroxyl groups is 9. The molecule has 17 heteroatoms. The lowest BCUT2D eigenvalue weighted by Gasteiger charge is -2.52. The summed E-state index contributed by atoms with van der Waals surface area (Å²) < 4.78 is 25.4. The van der Waals surface area contributed by atoms with Gasteiger partial charge in [-0.05, 0) is 24.3 Å². The smallest absolute Gasteiger partial charge is 0.354 e. The number of methoxy groups -OCH3 is 1. The molecule has 2 heterocycles. The van der Waals surface area contributed by atoms with Gasteiger partial charge in [0, 0.05) is 28.8 Å². The summed E-state index contributed by atoms with van der Waals surface area (Å²) in [6.45, 7) is 0. The number of likely N-dealkylation sites (tertiary alicyclic amines) is 1. The molecule has 39 heavy (non-hydrogen) atoms. The second-order valence-corrected chi connectivity index (χ2v) is 9.76. The first-order valence-electron chi connectivity index (χ1n) is 11.0. The number of rotatable bonds is 7. The molecule has 1 fully saturated rings. The number of piperidine rings is 1. The number of anilines is 2. The Morgan fingerprint density at radius 2 is 1.64 bits per heavy atom. The topological polar surface area (TPSA) is 242 Å². The zero-order valence-corrected chi connectivity index (χ0v) is 21.5. The molecule has 0 atom stereocenters.